The molecule has 106 valence electrons. The van der Waals surface area contributed by atoms with Gasteiger partial charge in [-0.1, -0.05) is 11.8 Å². The molecule has 1 aromatic rings. The second-order valence-electron chi connectivity index (χ2n) is 4.64. The Labute approximate surface area is 121 Å². The summed E-state index contributed by atoms with van der Waals surface area (Å²) in [5.74, 6) is 5.31. The molecule has 2 rings (SSSR count). The Hall–Kier alpha value is -1.84. The quantitative estimate of drug-likeness (QED) is 0.773. The molecule has 20 heavy (non-hydrogen) atoms. The zero-order valence-corrected chi connectivity index (χ0v) is 11.9. The molecule has 6 heteroatoms. The van der Waals surface area contributed by atoms with Gasteiger partial charge in [0.15, 0.2) is 0 Å². The highest BCUT2D eigenvalue weighted by molar-refractivity contribution is 7.14. The van der Waals surface area contributed by atoms with Crippen LogP contribution in [0, 0.1) is 17.8 Å². The standard InChI is InChI=1S/C14H17N3O2S/c15-7-1-2-11-3-4-12(20-11)14(19)17-8-5-10(6-9-17)13(16)18/h3-4,10H,5-9,15H2,(H2,16,18). The van der Waals surface area contributed by atoms with Crippen molar-refractivity contribution in [3.8, 4) is 11.8 Å². The minimum atomic E-state index is -0.271. The zero-order chi connectivity index (χ0) is 14.5. The topological polar surface area (TPSA) is 89.4 Å². The molecule has 5 nitrogen and oxygen atoms in total. The normalized spacial score (nSPS) is 15.6. The minimum absolute atomic E-state index is 0.00119. The van der Waals surface area contributed by atoms with Crippen molar-refractivity contribution in [3.63, 3.8) is 0 Å². The Morgan fingerprint density at radius 1 is 1.35 bits per heavy atom. The molecule has 0 atom stereocenters. The van der Waals surface area contributed by atoms with E-state index in [1.807, 2.05) is 6.07 Å². The van der Waals surface area contributed by atoms with Gasteiger partial charge >= 0.3 is 0 Å². The number of piperidine rings is 1. The number of likely N-dealkylation sites (tertiary alicyclic amines) is 1. The predicted octanol–water partition coefficient (Wildman–Crippen LogP) is 0.396. The molecule has 2 amide bonds. The maximum absolute atomic E-state index is 12.3. The Balaban J connectivity index is 1.98. The van der Waals surface area contributed by atoms with Crippen molar-refractivity contribution in [1.82, 2.24) is 4.90 Å². The van der Waals surface area contributed by atoms with Gasteiger partial charge in [0.05, 0.1) is 16.3 Å². The lowest BCUT2D eigenvalue weighted by atomic mass is 9.96. The second-order valence-corrected chi connectivity index (χ2v) is 5.72. The van der Waals surface area contributed by atoms with Gasteiger partial charge in [0.2, 0.25) is 5.91 Å². The van der Waals surface area contributed by atoms with E-state index in [1.165, 1.54) is 11.3 Å². The van der Waals surface area contributed by atoms with Crippen LogP contribution in [0.1, 0.15) is 27.4 Å². The highest BCUT2D eigenvalue weighted by Crippen LogP contribution is 2.22. The monoisotopic (exact) mass is 291 g/mol. The molecule has 2 heterocycles. The molecule has 0 aromatic carbocycles. The van der Waals surface area contributed by atoms with Crippen molar-refractivity contribution in [2.24, 2.45) is 17.4 Å². The fourth-order valence-electron chi connectivity index (χ4n) is 2.18. The van der Waals surface area contributed by atoms with Crippen molar-refractivity contribution < 1.29 is 9.59 Å². The fourth-order valence-corrected chi connectivity index (χ4v) is 3.03. The Morgan fingerprint density at radius 2 is 2.05 bits per heavy atom. The van der Waals surface area contributed by atoms with E-state index in [1.54, 1.807) is 11.0 Å². The molecule has 1 aliphatic heterocycles. The molecule has 4 N–H and O–H groups in total. The Morgan fingerprint density at radius 3 is 2.65 bits per heavy atom. The van der Waals surface area contributed by atoms with Crippen molar-refractivity contribution >= 4 is 23.2 Å². The van der Waals surface area contributed by atoms with Crippen LogP contribution >= 0.6 is 11.3 Å². The van der Waals surface area contributed by atoms with Crippen LogP contribution in [0.25, 0.3) is 0 Å². The first-order chi connectivity index (χ1) is 9.61. The SMILES string of the molecule is NCC#Cc1ccc(C(=O)N2CCC(C(N)=O)CC2)s1. The lowest BCUT2D eigenvalue weighted by Crippen LogP contribution is -2.41. The van der Waals surface area contributed by atoms with Crippen LogP contribution in [0.4, 0.5) is 0 Å². The minimum Gasteiger partial charge on any atom is -0.369 e. The van der Waals surface area contributed by atoms with Gasteiger partial charge in [-0.2, -0.15) is 0 Å². The van der Waals surface area contributed by atoms with Crippen molar-refractivity contribution in [2.75, 3.05) is 19.6 Å². The van der Waals surface area contributed by atoms with Gasteiger partial charge in [-0.25, -0.2) is 0 Å². The van der Waals surface area contributed by atoms with Crippen LogP contribution in [0.15, 0.2) is 12.1 Å². The number of amides is 2. The first kappa shape index (κ1) is 14.6. The van der Waals surface area contributed by atoms with E-state index in [9.17, 15) is 9.59 Å². The fraction of sp³-hybridized carbons (Fsp3) is 0.429. The number of nitrogens with zero attached hydrogens (tertiary/aromatic N) is 1. The summed E-state index contributed by atoms with van der Waals surface area (Å²) in [5.41, 5.74) is 10.6. The van der Waals surface area contributed by atoms with Gasteiger partial charge in [0.1, 0.15) is 0 Å². The first-order valence-corrected chi connectivity index (χ1v) is 7.31. The van der Waals surface area contributed by atoms with Gasteiger partial charge in [0, 0.05) is 19.0 Å². The number of primary amides is 1. The lowest BCUT2D eigenvalue weighted by molar-refractivity contribution is -0.123. The summed E-state index contributed by atoms with van der Waals surface area (Å²) >= 11 is 1.37. The van der Waals surface area contributed by atoms with Crippen LogP contribution < -0.4 is 11.5 Å². The number of hydrogen-bond donors (Lipinski definition) is 2. The maximum atomic E-state index is 12.3. The molecule has 0 radical (unpaired) electrons. The molecule has 1 saturated heterocycles. The van der Waals surface area contributed by atoms with E-state index in [4.69, 9.17) is 11.5 Å². The second kappa shape index (κ2) is 6.55. The molecule has 1 fully saturated rings. The molecular formula is C14H17N3O2S. The number of thiophene rings is 1. The summed E-state index contributed by atoms with van der Waals surface area (Å²) in [5, 5.41) is 0. The zero-order valence-electron chi connectivity index (χ0n) is 11.1. The number of carbonyl (C=O) groups is 2. The molecule has 1 aliphatic rings. The average molecular weight is 291 g/mol. The third-order valence-electron chi connectivity index (χ3n) is 3.31. The summed E-state index contributed by atoms with van der Waals surface area (Å²) in [6.07, 6.45) is 1.29. The van der Waals surface area contributed by atoms with Crippen LogP contribution in [0.3, 0.4) is 0 Å². The highest BCUT2D eigenvalue weighted by Gasteiger charge is 2.26. The predicted molar refractivity (Wildman–Crippen MR) is 78.1 cm³/mol. The molecule has 0 spiro atoms. The van der Waals surface area contributed by atoms with Crippen molar-refractivity contribution in [3.05, 3.63) is 21.9 Å². The summed E-state index contributed by atoms with van der Waals surface area (Å²) in [4.78, 5) is 26.7. The van der Waals surface area contributed by atoms with E-state index in [2.05, 4.69) is 11.8 Å². The van der Waals surface area contributed by atoms with Gasteiger partial charge in [-0.05, 0) is 25.0 Å². The van der Waals surface area contributed by atoms with E-state index in [-0.39, 0.29) is 17.7 Å². The third kappa shape index (κ3) is 3.38. The van der Waals surface area contributed by atoms with Crippen molar-refractivity contribution in [1.29, 1.82) is 0 Å². The van der Waals surface area contributed by atoms with E-state index in [0.717, 1.165) is 4.88 Å². The van der Waals surface area contributed by atoms with Crippen LogP contribution in [-0.4, -0.2) is 36.3 Å². The van der Waals surface area contributed by atoms with Crippen molar-refractivity contribution in [2.45, 2.75) is 12.8 Å². The molecule has 0 saturated carbocycles. The molecular weight excluding hydrogens is 274 g/mol. The molecule has 0 bridgehead atoms. The summed E-state index contributed by atoms with van der Waals surface area (Å²) in [6.45, 7) is 1.46. The average Bonchev–Trinajstić information content (AvgIpc) is 2.93. The Bertz CT molecular complexity index is 562. The maximum Gasteiger partial charge on any atom is 0.263 e. The van der Waals surface area contributed by atoms with E-state index in [0.29, 0.717) is 37.4 Å². The number of nitrogens with two attached hydrogens (primary N) is 2. The smallest absolute Gasteiger partial charge is 0.263 e. The van der Waals surface area contributed by atoms with Gasteiger partial charge in [-0.3, -0.25) is 9.59 Å². The number of hydrogen-bond acceptors (Lipinski definition) is 4. The van der Waals surface area contributed by atoms with E-state index < -0.39 is 0 Å². The van der Waals surface area contributed by atoms with Gasteiger partial charge in [0.25, 0.3) is 5.91 Å². The lowest BCUT2D eigenvalue weighted by Gasteiger charge is -2.30. The Kier molecular flexibility index (Phi) is 4.77. The molecule has 0 unspecified atom stereocenters. The van der Waals surface area contributed by atoms with Gasteiger partial charge in [-0.15, -0.1) is 11.3 Å². The first-order valence-electron chi connectivity index (χ1n) is 6.49. The molecule has 0 aliphatic carbocycles. The summed E-state index contributed by atoms with van der Waals surface area (Å²) in [6, 6.07) is 3.62. The van der Waals surface area contributed by atoms with Crippen LogP contribution in [-0.2, 0) is 4.79 Å². The highest BCUT2D eigenvalue weighted by atomic mass is 32.1. The number of rotatable bonds is 2. The third-order valence-corrected chi connectivity index (χ3v) is 4.30. The summed E-state index contributed by atoms with van der Waals surface area (Å²) in [7, 11) is 0. The van der Waals surface area contributed by atoms with E-state index >= 15 is 0 Å². The van der Waals surface area contributed by atoms with Crippen LogP contribution in [0.5, 0.6) is 0 Å². The molecule has 1 aromatic heterocycles. The van der Waals surface area contributed by atoms with Crippen LogP contribution in [0.2, 0.25) is 0 Å². The largest absolute Gasteiger partial charge is 0.369 e. The number of carbonyl (C=O) groups excluding carboxylic acids is 2. The summed E-state index contributed by atoms with van der Waals surface area (Å²) < 4.78 is 0. The van der Waals surface area contributed by atoms with Gasteiger partial charge < -0.3 is 16.4 Å².